The Labute approximate surface area is 91.6 Å². The molecule has 3 unspecified atom stereocenters. The molecule has 1 aliphatic rings. The maximum atomic E-state index is 12.9. The van der Waals surface area contributed by atoms with Crippen LogP contribution in [0.3, 0.4) is 0 Å². The normalized spacial score (nSPS) is 33.4. The third-order valence-electron chi connectivity index (χ3n) is 3.70. The molecular weight excluding hydrogens is 196 g/mol. The first-order valence-corrected chi connectivity index (χ1v) is 6.09. The van der Waals surface area contributed by atoms with Gasteiger partial charge in [-0.05, 0) is 37.1 Å². The van der Waals surface area contributed by atoms with Crippen molar-refractivity contribution in [3.63, 3.8) is 0 Å². The summed E-state index contributed by atoms with van der Waals surface area (Å²) in [5, 5.41) is 3.02. The Morgan fingerprint density at radius 3 is 2.47 bits per heavy atom. The van der Waals surface area contributed by atoms with Gasteiger partial charge in [0.25, 0.3) is 6.43 Å². The minimum Gasteiger partial charge on any atom is -0.309 e. The van der Waals surface area contributed by atoms with Gasteiger partial charge in [0.15, 0.2) is 0 Å². The van der Waals surface area contributed by atoms with Gasteiger partial charge in [-0.2, -0.15) is 0 Å². The van der Waals surface area contributed by atoms with Crippen molar-refractivity contribution < 1.29 is 8.78 Å². The quantitative estimate of drug-likeness (QED) is 0.768. The number of hydrogen-bond donors (Lipinski definition) is 1. The molecule has 0 spiro atoms. The second-order valence-corrected chi connectivity index (χ2v) is 4.94. The predicted octanol–water partition coefficient (Wildman–Crippen LogP) is 3.30. The van der Waals surface area contributed by atoms with E-state index in [0.717, 1.165) is 25.8 Å². The lowest BCUT2D eigenvalue weighted by atomic mass is 9.76. The Hall–Kier alpha value is -0.180. The molecule has 0 aromatic rings. The minimum absolute atomic E-state index is 0.132. The standard InChI is InChI=1S/C12H23F2N/c1-4-9-10(8(2)3)6-5-7-15-11(9)12(13)14/h8-12,15H,4-7H2,1-3H3. The highest BCUT2D eigenvalue weighted by atomic mass is 19.3. The van der Waals surface area contributed by atoms with Crippen LogP contribution in [0.25, 0.3) is 0 Å². The zero-order valence-electron chi connectivity index (χ0n) is 9.97. The van der Waals surface area contributed by atoms with E-state index in [9.17, 15) is 8.78 Å². The third-order valence-corrected chi connectivity index (χ3v) is 3.70. The lowest BCUT2D eigenvalue weighted by molar-refractivity contribution is 0.0474. The average Bonchev–Trinajstić information content (AvgIpc) is 2.38. The average molecular weight is 219 g/mol. The Morgan fingerprint density at radius 2 is 2.00 bits per heavy atom. The minimum atomic E-state index is -2.23. The summed E-state index contributed by atoms with van der Waals surface area (Å²) in [5.74, 6) is 1.09. The summed E-state index contributed by atoms with van der Waals surface area (Å²) in [4.78, 5) is 0. The summed E-state index contributed by atoms with van der Waals surface area (Å²) in [7, 11) is 0. The molecule has 1 saturated heterocycles. The molecule has 0 aromatic heterocycles. The zero-order chi connectivity index (χ0) is 11.4. The molecule has 1 N–H and O–H groups in total. The van der Waals surface area contributed by atoms with Gasteiger partial charge in [0.1, 0.15) is 0 Å². The molecule has 15 heavy (non-hydrogen) atoms. The van der Waals surface area contributed by atoms with Gasteiger partial charge in [-0.25, -0.2) is 8.78 Å². The van der Waals surface area contributed by atoms with E-state index in [2.05, 4.69) is 19.2 Å². The first-order chi connectivity index (χ1) is 7.07. The fourth-order valence-electron chi connectivity index (χ4n) is 2.90. The van der Waals surface area contributed by atoms with E-state index in [-0.39, 0.29) is 5.92 Å². The van der Waals surface area contributed by atoms with E-state index in [4.69, 9.17) is 0 Å². The molecule has 1 aliphatic heterocycles. The van der Waals surface area contributed by atoms with Gasteiger partial charge < -0.3 is 5.32 Å². The maximum absolute atomic E-state index is 12.9. The van der Waals surface area contributed by atoms with Crippen LogP contribution < -0.4 is 5.32 Å². The fourth-order valence-corrected chi connectivity index (χ4v) is 2.90. The van der Waals surface area contributed by atoms with Crippen molar-refractivity contribution in [1.82, 2.24) is 5.32 Å². The predicted molar refractivity (Wildman–Crippen MR) is 59.1 cm³/mol. The number of nitrogens with one attached hydrogen (secondary N) is 1. The van der Waals surface area contributed by atoms with Crippen LogP contribution in [-0.2, 0) is 0 Å². The van der Waals surface area contributed by atoms with E-state index in [1.165, 1.54) is 0 Å². The van der Waals surface area contributed by atoms with Gasteiger partial charge in [0.05, 0.1) is 6.04 Å². The second-order valence-electron chi connectivity index (χ2n) is 4.94. The van der Waals surface area contributed by atoms with Crippen LogP contribution in [0.5, 0.6) is 0 Å². The molecule has 90 valence electrons. The SMILES string of the molecule is CCC1C(C(C)C)CCCNC1C(F)F. The van der Waals surface area contributed by atoms with Crippen LogP contribution in [0.15, 0.2) is 0 Å². The van der Waals surface area contributed by atoms with Crippen molar-refractivity contribution in [2.24, 2.45) is 17.8 Å². The molecular formula is C12H23F2N. The van der Waals surface area contributed by atoms with Crippen molar-refractivity contribution >= 4 is 0 Å². The molecule has 0 aliphatic carbocycles. The maximum Gasteiger partial charge on any atom is 0.253 e. The van der Waals surface area contributed by atoms with Crippen molar-refractivity contribution in [2.45, 2.75) is 52.5 Å². The largest absolute Gasteiger partial charge is 0.309 e. The summed E-state index contributed by atoms with van der Waals surface area (Å²) in [6.07, 6.45) is 0.745. The summed E-state index contributed by atoms with van der Waals surface area (Å²) in [6.45, 7) is 7.08. The Morgan fingerprint density at radius 1 is 1.33 bits per heavy atom. The van der Waals surface area contributed by atoms with Crippen molar-refractivity contribution in [1.29, 1.82) is 0 Å². The number of rotatable bonds is 3. The van der Waals surface area contributed by atoms with Gasteiger partial charge in [0, 0.05) is 0 Å². The van der Waals surface area contributed by atoms with E-state index < -0.39 is 12.5 Å². The number of hydrogen-bond acceptors (Lipinski definition) is 1. The van der Waals surface area contributed by atoms with Crippen molar-refractivity contribution in [3.8, 4) is 0 Å². The molecule has 0 aromatic carbocycles. The van der Waals surface area contributed by atoms with Gasteiger partial charge in [0.2, 0.25) is 0 Å². The highest BCUT2D eigenvalue weighted by Gasteiger charge is 2.36. The van der Waals surface area contributed by atoms with Gasteiger partial charge in [-0.3, -0.25) is 0 Å². The van der Waals surface area contributed by atoms with Crippen LogP contribution >= 0.6 is 0 Å². The lowest BCUT2D eigenvalue weighted by Gasteiger charge is -2.33. The molecule has 3 atom stereocenters. The first-order valence-electron chi connectivity index (χ1n) is 6.09. The Balaban J connectivity index is 2.78. The van der Waals surface area contributed by atoms with Crippen molar-refractivity contribution in [3.05, 3.63) is 0 Å². The number of alkyl halides is 2. The molecule has 3 heteroatoms. The third kappa shape index (κ3) is 3.13. The molecule has 1 nitrogen and oxygen atoms in total. The summed E-state index contributed by atoms with van der Waals surface area (Å²) in [6, 6.07) is -0.593. The first kappa shape index (κ1) is 12.9. The molecule has 1 fully saturated rings. The van der Waals surface area contributed by atoms with Crippen LogP contribution in [0.2, 0.25) is 0 Å². The summed E-state index contributed by atoms with van der Waals surface area (Å²) < 4.78 is 25.8. The zero-order valence-corrected chi connectivity index (χ0v) is 9.97. The van der Waals surface area contributed by atoms with E-state index in [1.54, 1.807) is 0 Å². The van der Waals surface area contributed by atoms with Gasteiger partial charge in [-0.1, -0.05) is 27.2 Å². The second kappa shape index (κ2) is 5.78. The molecule has 0 amide bonds. The van der Waals surface area contributed by atoms with Crippen molar-refractivity contribution in [2.75, 3.05) is 6.54 Å². The monoisotopic (exact) mass is 219 g/mol. The van der Waals surface area contributed by atoms with Gasteiger partial charge >= 0.3 is 0 Å². The number of halogens is 2. The molecule has 0 bridgehead atoms. The van der Waals surface area contributed by atoms with Crippen LogP contribution in [-0.4, -0.2) is 19.0 Å². The molecule has 1 rings (SSSR count). The lowest BCUT2D eigenvalue weighted by Crippen LogP contribution is -2.43. The Bertz CT molecular complexity index is 164. The van der Waals surface area contributed by atoms with E-state index >= 15 is 0 Å². The smallest absolute Gasteiger partial charge is 0.253 e. The van der Waals surface area contributed by atoms with Gasteiger partial charge in [-0.15, -0.1) is 0 Å². The summed E-state index contributed by atoms with van der Waals surface area (Å²) in [5.41, 5.74) is 0. The topological polar surface area (TPSA) is 12.0 Å². The summed E-state index contributed by atoms with van der Waals surface area (Å²) >= 11 is 0. The molecule has 0 saturated carbocycles. The highest BCUT2D eigenvalue weighted by Crippen LogP contribution is 2.34. The Kier molecular flexibility index (Phi) is 4.97. The molecule has 0 radical (unpaired) electrons. The van der Waals surface area contributed by atoms with E-state index in [1.807, 2.05) is 6.92 Å². The van der Waals surface area contributed by atoms with Crippen LogP contribution in [0.4, 0.5) is 8.78 Å². The fraction of sp³-hybridized carbons (Fsp3) is 1.00. The van der Waals surface area contributed by atoms with E-state index in [0.29, 0.717) is 11.8 Å². The molecule has 1 heterocycles. The highest BCUT2D eigenvalue weighted by molar-refractivity contribution is 4.87. The van der Waals surface area contributed by atoms with Crippen LogP contribution in [0.1, 0.15) is 40.0 Å². The van der Waals surface area contributed by atoms with Crippen LogP contribution in [0, 0.1) is 17.8 Å².